The Balaban J connectivity index is 2.73. The van der Waals surface area contributed by atoms with E-state index >= 15 is 0 Å². The van der Waals surface area contributed by atoms with Gasteiger partial charge in [-0.1, -0.05) is 18.2 Å². The number of halogens is 3. The molecule has 0 aliphatic heterocycles. The fourth-order valence-corrected chi connectivity index (χ4v) is 2.67. The molecule has 0 aliphatic carbocycles. The quantitative estimate of drug-likeness (QED) is 0.872. The van der Waals surface area contributed by atoms with Crippen molar-refractivity contribution in [1.29, 1.82) is 5.26 Å². The Morgan fingerprint density at radius 3 is 2.46 bits per heavy atom. The van der Waals surface area contributed by atoms with E-state index < -0.39 is 11.7 Å². The summed E-state index contributed by atoms with van der Waals surface area (Å²) >= 11 is 0. The van der Waals surface area contributed by atoms with Gasteiger partial charge in [-0.3, -0.25) is 4.79 Å². The van der Waals surface area contributed by atoms with Crippen LogP contribution in [-0.2, 0) is 23.9 Å². The molecule has 0 unspecified atom stereocenters. The second-order valence-electron chi connectivity index (χ2n) is 5.61. The van der Waals surface area contributed by atoms with E-state index in [-0.39, 0.29) is 24.4 Å². The van der Waals surface area contributed by atoms with Gasteiger partial charge in [0.2, 0.25) is 5.91 Å². The molecule has 0 aliphatic rings. The van der Waals surface area contributed by atoms with Gasteiger partial charge >= 0.3 is 6.18 Å². The normalized spacial score (nSPS) is 10.9. The number of para-hydroxylation sites is 1. The third-order valence-electron chi connectivity index (χ3n) is 3.83. The molecule has 7 heteroatoms. The Hall–Kier alpha value is -3.01. The van der Waals surface area contributed by atoms with Crippen LogP contribution in [0.2, 0.25) is 0 Å². The summed E-state index contributed by atoms with van der Waals surface area (Å²) in [5, 5.41) is 11.4. The number of carbonyl (C=O) groups excluding carboxylic acids is 1. The summed E-state index contributed by atoms with van der Waals surface area (Å²) in [5.74, 6) is 0.130. The maximum atomic E-state index is 13.4. The fraction of sp³-hybridized carbons (Fsp3) is 0.263. The smallest absolute Gasteiger partial charge is 0.416 e. The topological polar surface area (TPSA) is 62.1 Å². The molecule has 2 aromatic carbocycles. The van der Waals surface area contributed by atoms with E-state index in [4.69, 9.17) is 10.00 Å². The molecule has 0 spiro atoms. The largest absolute Gasteiger partial charge is 0.496 e. The minimum Gasteiger partial charge on any atom is -0.496 e. The third kappa shape index (κ3) is 4.33. The summed E-state index contributed by atoms with van der Waals surface area (Å²) in [7, 11) is 1.46. The number of nitrogens with zero attached hydrogens (tertiary/aromatic N) is 1. The number of carbonyl (C=O) groups is 1. The standard InChI is InChI=1S/C19H17F3N2O2/c1-12(25)24-11-14-10-17(19(20,21)22)13(7-8-23)9-16(14)15-5-3-4-6-18(15)26-2/h3-6,9-10H,7,11H2,1-2H3,(H,24,25). The number of alkyl halides is 3. The molecule has 136 valence electrons. The molecule has 0 fully saturated rings. The van der Waals surface area contributed by atoms with Gasteiger partial charge < -0.3 is 10.1 Å². The number of nitriles is 1. The van der Waals surface area contributed by atoms with Crippen LogP contribution in [0.1, 0.15) is 23.6 Å². The van der Waals surface area contributed by atoms with Crippen molar-refractivity contribution >= 4 is 5.91 Å². The van der Waals surface area contributed by atoms with Crippen molar-refractivity contribution in [3.8, 4) is 22.9 Å². The highest BCUT2D eigenvalue weighted by Gasteiger charge is 2.34. The third-order valence-corrected chi connectivity index (χ3v) is 3.83. The molecule has 1 amide bonds. The Bertz CT molecular complexity index is 855. The van der Waals surface area contributed by atoms with Crippen LogP contribution in [0.15, 0.2) is 36.4 Å². The van der Waals surface area contributed by atoms with E-state index in [2.05, 4.69) is 5.32 Å². The minimum absolute atomic E-state index is 0.0708. The number of methoxy groups -OCH3 is 1. The second-order valence-corrected chi connectivity index (χ2v) is 5.61. The first kappa shape index (κ1) is 19.3. The SMILES string of the molecule is COc1ccccc1-c1cc(CC#N)c(C(F)(F)F)cc1CNC(C)=O. The second kappa shape index (κ2) is 7.91. The molecule has 2 aromatic rings. The Labute approximate surface area is 149 Å². The number of rotatable bonds is 5. The van der Waals surface area contributed by atoms with E-state index in [9.17, 15) is 18.0 Å². The Kier molecular flexibility index (Phi) is 5.88. The number of ether oxygens (including phenoxy) is 1. The maximum Gasteiger partial charge on any atom is 0.416 e. The lowest BCUT2D eigenvalue weighted by atomic mass is 9.91. The first-order chi connectivity index (χ1) is 12.3. The van der Waals surface area contributed by atoms with Crippen LogP contribution in [0.25, 0.3) is 11.1 Å². The zero-order valence-corrected chi connectivity index (χ0v) is 14.3. The molecule has 26 heavy (non-hydrogen) atoms. The molecule has 0 saturated carbocycles. The minimum atomic E-state index is -4.60. The van der Waals surface area contributed by atoms with Gasteiger partial charge in [0.1, 0.15) is 5.75 Å². The molecule has 0 radical (unpaired) electrons. The van der Waals surface area contributed by atoms with E-state index in [1.54, 1.807) is 30.3 Å². The molecule has 1 N–H and O–H groups in total. The zero-order valence-electron chi connectivity index (χ0n) is 14.3. The first-order valence-corrected chi connectivity index (χ1v) is 7.75. The molecular formula is C19H17F3N2O2. The van der Waals surface area contributed by atoms with Crippen LogP contribution in [0.5, 0.6) is 5.75 Å². The maximum absolute atomic E-state index is 13.4. The summed E-state index contributed by atoms with van der Waals surface area (Å²) in [4.78, 5) is 11.2. The lowest BCUT2D eigenvalue weighted by Gasteiger charge is -2.19. The van der Waals surface area contributed by atoms with Crippen molar-refractivity contribution in [2.45, 2.75) is 26.1 Å². The van der Waals surface area contributed by atoms with Gasteiger partial charge in [0.25, 0.3) is 0 Å². The number of nitrogens with one attached hydrogen (secondary N) is 1. The van der Waals surface area contributed by atoms with Crippen molar-refractivity contribution < 1.29 is 22.7 Å². The Morgan fingerprint density at radius 1 is 1.19 bits per heavy atom. The molecule has 0 heterocycles. The summed E-state index contributed by atoms with van der Waals surface area (Å²) in [6.45, 7) is 1.22. The van der Waals surface area contributed by atoms with Gasteiger partial charge in [-0.05, 0) is 34.9 Å². The van der Waals surface area contributed by atoms with Crippen LogP contribution < -0.4 is 10.1 Å². The molecule has 2 rings (SSSR count). The van der Waals surface area contributed by atoms with Crippen molar-refractivity contribution in [2.24, 2.45) is 0 Å². The molecule has 4 nitrogen and oxygen atoms in total. The predicted octanol–water partition coefficient (Wildman–Crippen LogP) is 4.08. The average Bonchev–Trinajstić information content (AvgIpc) is 2.59. The Morgan fingerprint density at radius 2 is 1.88 bits per heavy atom. The summed E-state index contributed by atoms with van der Waals surface area (Å²) in [6, 6.07) is 11.0. The van der Waals surface area contributed by atoms with E-state index in [1.165, 1.54) is 20.1 Å². The van der Waals surface area contributed by atoms with E-state index in [0.29, 0.717) is 22.4 Å². The van der Waals surface area contributed by atoms with Crippen molar-refractivity contribution in [2.75, 3.05) is 7.11 Å². The lowest BCUT2D eigenvalue weighted by molar-refractivity contribution is -0.138. The predicted molar refractivity (Wildman–Crippen MR) is 90.3 cm³/mol. The summed E-state index contributed by atoms with van der Waals surface area (Å²) < 4.78 is 45.5. The van der Waals surface area contributed by atoms with Crippen molar-refractivity contribution in [3.63, 3.8) is 0 Å². The molecule has 0 bridgehead atoms. The number of benzene rings is 2. The van der Waals surface area contributed by atoms with E-state index in [0.717, 1.165) is 6.07 Å². The highest BCUT2D eigenvalue weighted by atomic mass is 19.4. The first-order valence-electron chi connectivity index (χ1n) is 7.75. The van der Waals surface area contributed by atoms with Crippen LogP contribution in [-0.4, -0.2) is 13.0 Å². The lowest BCUT2D eigenvalue weighted by Crippen LogP contribution is -2.20. The molecule has 0 saturated heterocycles. The number of hydrogen-bond acceptors (Lipinski definition) is 3. The fourth-order valence-electron chi connectivity index (χ4n) is 2.67. The van der Waals surface area contributed by atoms with Gasteiger partial charge in [0, 0.05) is 19.0 Å². The van der Waals surface area contributed by atoms with Gasteiger partial charge in [-0.25, -0.2) is 0 Å². The van der Waals surface area contributed by atoms with Crippen molar-refractivity contribution in [3.05, 3.63) is 53.1 Å². The van der Waals surface area contributed by atoms with Crippen LogP contribution in [0.3, 0.4) is 0 Å². The highest BCUT2D eigenvalue weighted by Crippen LogP contribution is 2.39. The van der Waals surface area contributed by atoms with Gasteiger partial charge in [-0.2, -0.15) is 18.4 Å². The number of amides is 1. The van der Waals surface area contributed by atoms with Crippen LogP contribution >= 0.6 is 0 Å². The monoisotopic (exact) mass is 362 g/mol. The van der Waals surface area contributed by atoms with Crippen molar-refractivity contribution in [1.82, 2.24) is 5.32 Å². The van der Waals surface area contributed by atoms with Gasteiger partial charge in [0.15, 0.2) is 0 Å². The summed E-state index contributed by atoms with van der Waals surface area (Å²) in [6.07, 6.45) is -4.98. The molecule has 0 atom stereocenters. The summed E-state index contributed by atoms with van der Waals surface area (Å²) in [5.41, 5.74) is 0.363. The van der Waals surface area contributed by atoms with E-state index in [1.807, 2.05) is 0 Å². The highest BCUT2D eigenvalue weighted by molar-refractivity contribution is 5.77. The molecule has 0 aromatic heterocycles. The van der Waals surface area contributed by atoms with Gasteiger partial charge in [-0.15, -0.1) is 0 Å². The molecular weight excluding hydrogens is 345 g/mol. The van der Waals surface area contributed by atoms with Crippen LogP contribution in [0.4, 0.5) is 13.2 Å². The van der Waals surface area contributed by atoms with Crippen LogP contribution in [0, 0.1) is 11.3 Å². The number of hydrogen-bond donors (Lipinski definition) is 1. The zero-order chi connectivity index (χ0) is 19.3. The van der Waals surface area contributed by atoms with Gasteiger partial charge in [0.05, 0.1) is 25.2 Å². The average molecular weight is 362 g/mol.